The maximum Gasteiger partial charge on any atom is 0.132 e. The Morgan fingerprint density at radius 2 is 1.73 bits per heavy atom. The summed E-state index contributed by atoms with van der Waals surface area (Å²) in [7, 11) is 0. The smallest absolute Gasteiger partial charge is 0.132 e. The van der Waals surface area contributed by atoms with E-state index in [4.69, 9.17) is 0 Å². The van der Waals surface area contributed by atoms with Gasteiger partial charge in [-0.25, -0.2) is 0 Å². The maximum atomic E-state index is 11.9. The van der Waals surface area contributed by atoms with E-state index in [1.165, 1.54) is 64.2 Å². The van der Waals surface area contributed by atoms with Crippen molar-refractivity contribution in [2.45, 2.75) is 85.0 Å². The van der Waals surface area contributed by atoms with Gasteiger partial charge in [-0.1, -0.05) is 20.3 Å². The first-order valence-corrected chi connectivity index (χ1v) is 9.94. The lowest BCUT2D eigenvalue weighted by Gasteiger charge is -2.60. The lowest BCUT2D eigenvalue weighted by molar-refractivity contribution is -0.133. The van der Waals surface area contributed by atoms with Crippen molar-refractivity contribution in [3.8, 4) is 0 Å². The van der Waals surface area contributed by atoms with Crippen LogP contribution in [0.25, 0.3) is 0 Å². The minimum atomic E-state index is 0.384. The molecule has 4 rings (SSSR count). The third kappa shape index (κ3) is 2.06. The minimum absolute atomic E-state index is 0.384. The van der Waals surface area contributed by atoms with Crippen LogP contribution in [0.4, 0.5) is 0 Å². The van der Waals surface area contributed by atoms with E-state index < -0.39 is 0 Å². The normalized spacial score (nSPS) is 54.2. The van der Waals surface area contributed by atoms with E-state index in [0.717, 1.165) is 23.7 Å². The van der Waals surface area contributed by atoms with Crippen LogP contribution >= 0.6 is 0 Å². The Kier molecular flexibility index (Phi) is 3.51. The van der Waals surface area contributed by atoms with Gasteiger partial charge in [0.05, 0.1) is 0 Å². The molecule has 0 aliphatic heterocycles. The lowest BCUT2D eigenvalue weighted by atomic mass is 9.44. The Hall–Kier alpha value is -0.330. The van der Waals surface area contributed by atoms with E-state index in [0.29, 0.717) is 22.5 Å². The van der Waals surface area contributed by atoms with E-state index in [9.17, 15) is 4.79 Å². The SMILES string of the molecule is CC(=O)[C@H]1CC[C@@]2(C)[C@@H](CC[C@@H]3[C@H]4CCC[C@]4(C)CC[C@H]32)C1. The molecule has 22 heavy (non-hydrogen) atoms. The fourth-order valence-electron chi connectivity index (χ4n) is 7.62. The predicted molar refractivity (Wildman–Crippen MR) is 90.5 cm³/mol. The van der Waals surface area contributed by atoms with Crippen molar-refractivity contribution >= 4 is 5.78 Å². The summed E-state index contributed by atoms with van der Waals surface area (Å²) in [6, 6.07) is 0. The Morgan fingerprint density at radius 3 is 2.50 bits per heavy atom. The molecular weight excluding hydrogens is 268 g/mol. The molecule has 0 N–H and O–H groups in total. The fraction of sp³-hybridized carbons (Fsp3) is 0.952. The van der Waals surface area contributed by atoms with E-state index in [1.54, 1.807) is 0 Å². The zero-order valence-corrected chi connectivity index (χ0v) is 14.9. The van der Waals surface area contributed by atoms with E-state index in [2.05, 4.69) is 13.8 Å². The third-order valence-corrected chi connectivity index (χ3v) is 9.02. The topological polar surface area (TPSA) is 17.1 Å². The number of Topliss-reactive ketones (excluding diaryl/α,β-unsaturated/α-hetero) is 1. The summed E-state index contributed by atoms with van der Waals surface area (Å²) in [5.41, 5.74) is 1.24. The van der Waals surface area contributed by atoms with Crippen LogP contribution in [0, 0.1) is 40.4 Å². The van der Waals surface area contributed by atoms with Crippen LogP contribution in [0.2, 0.25) is 0 Å². The summed E-state index contributed by atoms with van der Waals surface area (Å²) >= 11 is 0. The van der Waals surface area contributed by atoms with Crippen LogP contribution in [0.3, 0.4) is 0 Å². The highest BCUT2D eigenvalue weighted by molar-refractivity contribution is 5.78. The summed E-state index contributed by atoms with van der Waals surface area (Å²) in [6.45, 7) is 7.04. The second-order valence-corrected chi connectivity index (χ2v) is 9.82. The fourth-order valence-corrected chi connectivity index (χ4v) is 7.62. The Labute approximate surface area is 136 Å². The van der Waals surface area contributed by atoms with Gasteiger partial charge in [0.2, 0.25) is 0 Å². The lowest BCUT2D eigenvalue weighted by Crippen LogP contribution is -2.53. The summed E-state index contributed by atoms with van der Waals surface area (Å²) < 4.78 is 0. The van der Waals surface area contributed by atoms with Crippen molar-refractivity contribution in [1.82, 2.24) is 0 Å². The van der Waals surface area contributed by atoms with Gasteiger partial charge >= 0.3 is 0 Å². The van der Waals surface area contributed by atoms with Gasteiger partial charge in [0.1, 0.15) is 5.78 Å². The van der Waals surface area contributed by atoms with E-state index in [1.807, 2.05) is 6.92 Å². The quantitative estimate of drug-likeness (QED) is 0.614. The summed E-state index contributed by atoms with van der Waals surface area (Å²) in [5, 5.41) is 0. The van der Waals surface area contributed by atoms with Gasteiger partial charge in [-0.15, -0.1) is 0 Å². The monoisotopic (exact) mass is 302 g/mol. The minimum Gasteiger partial charge on any atom is -0.300 e. The number of rotatable bonds is 1. The van der Waals surface area contributed by atoms with Crippen LogP contribution < -0.4 is 0 Å². The number of hydrogen-bond acceptors (Lipinski definition) is 1. The molecule has 124 valence electrons. The molecule has 4 fully saturated rings. The Balaban J connectivity index is 1.58. The van der Waals surface area contributed by atoms with E-state index in [-0.39, 0.29) is 0 Å². The highest BCUT2D eigenvalue weighted by atomic mass is 16.1. The van der Waals surface area contributed by atoms with Gasteiger partial charge in [-0.3, -0.25) is 4.79 Å². The number of fused-ring (bicyclic) bond motifs is 5. The molecule has 0 aromatic rings. The molecule has 4 saturated carbocycles. The van der Waals surface area contributed by atoms with Crippen LogP contribution in [0.5, 0.6) is 0 Å². The molecule has 0 aromatic carbocycles. The number of hydrogen-bond donors (Lipinski definition) is 0. The Bertz CT molecular complexity index is 469. The molecule has 0 bridgehead atoms. The molecule has 1 heteroatoms. The zero-order chi connectivity index (χ0) is 15.5. The standard InChI is InChI=1S/C21H34O/c1-14(22)15-8-12-21(3)16(13-15)6-7-17-18-5-4-10-20(18,2)11-9-19(17)21/h15-19H,4-13H2,1-3H3/t15-,16-,17+,18+,19+,20+,21-/m0/s1. The number of carbonyl (C=O) groups is 1. The van der Waals surface area contributed by atoms with Crippen molar-refractivity contribution < 1.29 is 4.79 Å². The first-order chi connectivity index (χ1) is 10.4. The van der Waals surface area contributed by atoms with Gasteiger partial charge in [-0.2, -0.15) is 0 Å². The van der Waals surface area contributed by atoms with Gasteiger partial charge < -0.3 is 0 Å². The third-order valence-electron chi connectivity index (χ3n) is 9.02. The largest absolute Gasteiger partial charge is 0.300 e. The molecule has 1 nitrogen and oxygen atoms in total. The van der Waals surface area contributed by atoms with Crippen LogP contribution in [-0.4, -0.2) is 5.78 Å². The first kappa shape index (κ1) is 15.2. The van der Waals surface area contributed by atoms with Crippen LogP contribution in [0.15, 0.2) is 0 Å². The van der Waals surface area contributed by atoms with Crippen molar-refractivity contribution in [2.24, 2.45) is 40.4 Å². The van der Waals surface area contributed by atoms with Crippen LogP contribution in [-0.2, 0) is 4.79 Å². The zero-order valence-electron chi connectivity index (χ0n) is 14.9. The van der Waals surface area contributed by atoms with Crippen molar-refractivity contribution in [3.05, 3.63) is 0 Å². The number of carbonyl (C=O) groups excluding carboxylic acids is 1. The molecule has 4 aliphatic rings. The molecule has 0 radical (unpaired) electrons. The second kappa shape index (κ2) is 5.08. The molecule has 0 unspecified atom stereocenters. The molecular formula is C21H34O. The van der Waals surface area contributed by atoms with Gasteiger partial charge in [0.25, 0.3) is 0 Å². The molecule has 0 saturated heterocycles. The summed E-state index contributed by atoms with van der Waals surface area (Å²) in [4.78, 5) is 11.9. The van der Waals surface area contributed by atoms with Gasteiger partial charge in [-0.05, 0) is 99.2 Å². The predicted octanol–water partition coefficient (Wildman–Crippen LogP) is 5.62. The van der Waals surface area contributed by atoms with E-state index >= 15 is 0 Å². The van der Waals surface area contributed by atoms with Crippen LogP contribution in [0.1, 0.15) is 85.0 Å². The van der Waals surface area contributed by atoms with Crippen molar-refractivity contribution in [2.75, 3.05) is 0 Å². The molecule has 0 heterocycles. The molecule has 0 amide bonds. The molecule has 7 atom stereocenters. The summed E-state index contributed by atoms with van der Waals surface area (Å²) in [5.74, 6) is 4.68. The van der Waals surface area contributed by atoms with Crippen molar-refractivity contribution in [3.63, 3.8) is 0 Å². The summed E-state index contributed by atoms with van der Waals surface area (Å²) in [6.07, 6.45) is 14.0. The average molecular weight is 303 g/mol. The van der Waals surface area contributed by atoms with Gasteiger partial charge in [0.15, 0.2) is 0 Å². The molecule has 4 aliphatic carbocycles. The van der Waals surface area contributed by atoms with Crippen molar-refractivity contribution in [1.29, 1.82) is 0 Å². The Morgan fingerprint density at radius 1 is 0.909 bits per heavy atom. The number of ketones is 1. The highest BCUT2D eigenvalue weighted by Gasteiger charge is 2.57. The highest BCUT2D eigenvalue weighted by Crippen LogP contribution is 2.66. The molecule has 0 spiro atoms. The molecule has 0 aromatic heterocycles. The van der Waals surface area contributed by atoms with Gasteiger partial charge in [0, 0.05) is 5.92 Å². The first-order valence-electron chi connectivity index (χ1n) is 9.94. The second-order valence-electron chi connectivity index (χ2n) is 9.82. The maximum absolute atomic E-state index is 11.9. The average Bonchev–Trinajstić information content (AvgIpc) is 2.88.